The van der Waals surface area contributed by atoms with Crippen molar-refractivity contribution in [2.75, 3.05) is 6.01 Å². The van der Waals surface area contributed by atoms with Crippen LogP contribution in [0.4, 0.5) is 8.78 Å². The first kappa shape index (κ1) is 34.5. The van der Waals surface area contributed by atoms with Gasteiger partial charge >= 0.3 is 5.97 Å². The van der Waals surface area contributed by atoms with Crippen molar-refractivity contribution in [3.05, 3.63) is 52.9 Å². The number of allylic oxidation sites excluding steroid dienone is 1. The van der Waals surface area contributed by atoms with Crippen molar-refractivity contribution < 1.29 is 37.8 Å². The number of fused-ring (bicyclic) bond motifs is 6. The van der Waals surface area contributed by atoms with Crippen molar-refractivity contribution in [3.8, 4) is 5.69 Å². The molecule has 9 nitrogen and oxygen atoms in total. The molecule has 0 unspecified atom stereocenters. The van der Waals surface area contributed by atoms with Crippen LogP contribution in [-0.4, -0.2) is 61.0 Å². The van der Waals surface area contributed by atoms with E-state index >= 15 is 4.39 Å². The van der Waals surface area contributed by atoms with Crippen LogP contribution in [0.1, 0.15) is 94.3 Å². The molecule has 0 saturated heterocycles. The Hall–Kier alpha value is -3.38. The van der Waals surface area contributed by atoms with Crippen LogP contribution in [0.25, 0.3) is 11.8 Å². The fourth-order valence-electron chi connectivity index (χ4n) is 9.88. The average Bonchev–Trinajstić information content (AvgIpc) is 3.54. The zero-order chi connectivity index (χ0) is 34.8. The third-order valence-corrected chi connectivity index (χ3v) is 12.9. The molecule has 1 aromatic carbocycles. The monoisotopic (exact) mass is 683 g/mol. The number of ether oxygens (including phenoxy) is 1. The largest absolute Gasteiger partial charge is 0.449 e. The maximum atomic E-state index is 18.2. The Morgan fingerprint density at radius 1 is 1.19 bits per heavy atom. The van der Waals surface area contributed by atoms with Gasteiger partial charge in [-0.15, -0.1) is 0 Å². The summed E-state index contributed by atoms with van der Waals surface area (Å²) in [7, 11) is 0. The first-order valence-corrected chi connectivity index (χ1v) is 17.7. The first-order valence-electron chi connectivity index (χ1n) is 16.7. The molecule has 2 aromatic rings. The number of Topliss-reactive ketones (excluding diaryl/α,β-unsaturated/α-hetero) is 1. The number of rotatable bonds is 9. The fraction of sp³-hybridized carbons (Fsp3) is 0.583. The number of thioether (sulfide) groups is 1. The Morgan fingerprint density at radius 2 is 1.94 bits per heavy atom. The second-order valence-electron chi connectivity index (χ2n) is 14.5. The van der Waals surface area contributed by atoms with Crippen LogP contribution in [0, 0.1) is 28.6 Å². The number of carbonyl (C=O) groups is 4. The van der Waals surface area contributed by atoms with Gasteiger partial charge in [0.25, 0.3) is 0 Å². The van der Waals surface area contributed by atoms with Crippen molar-refractivity contribution in [1.29, 1.82) is 0 Å². The molecule has 0 bridgehead atoms. The summed E-state index contributed by atoms with van der Waals surface area (Å²) in [6.07, 6.45) is 3.69. The van der Waals surface area contributed by atoms with E-state index in [0.717, 1.165) is 16.8 Å². The van der Waals surface area contributed by atoms with Crippen LogP contribution in [0.3, 0.4) is 0 Å². The molecule has 8 atom stereocenters. The standard InChI is InChI=1S/C36H43F2N3O6S/c1-5-31(45)47-36(32(46)48-19-37)20(2)13-26-25-10-9-23-15-27-22(16-33(23,3)35(25,38)29(43)17-34(26,36)4)18-40-41(27)24-8-6-7-21(14-24)28(42)11-12-30(39)44/h6-8,14-15,18,20,25-26,29,43H,5,9-13,16-17,19H2,1-4H3,(H2,39,44)/t20-,25+,26+,29+,33+,34+,35+,36+/m1/s1. The van der Waals surface area contributed by atoms with E-state index in [-0.39, 0.29) is 37.9 Å². The zero-order valence-electron chi connectivity index (χ0n) is 27.8. The van der Waals surface area contributed by atoms with E-state index in [1.54, 1.807) is 36.0 Å². The molecule has 0 radical (unpaired) electrons. The molecule has 4 aliphatic rings. The van der Waals surface area contributed by atoms with Gasteiger partial charge in [0.1, 0.15) is 11.7 Å². The number of esters is 1. The molecule has 3 saturated carbocycles. The van der Waals surface area contributed by atoms with Gasteiger partial charge in [-0.05, 0) is 73.6 Å². The predicted octanol–water partition coefficient (Wildman–Crippen LogP) is 5.69. The van der Waals surface area contributed by atoms with Gasteiger partial charge in [0.15, 0.2) is 11.4 Å². The highest BCUT2D eigenvalue weighted by Crippen LogP contribution is 2.72. The van der Waals surface area contributed by atoms with Crippen LogP contribution in [-0.2, 0) is 25.5 Å². The molecule has 12 heteroatoms. The van der Waals surface area contributed by atoms with Crippen LogP contribution in [0.5, 0.6) is 0 Å². The van der Waals surface area contributed by atoms with E-state index in [2.05, 4.69) is 5.10 Å². The number of carbonyl (C=O) groups excluding carboxylic acids is 4. The lowest BCUT2D eigenvalue weighted by Crippen LogP contribution is -2.70. The van der Waals surface area contributed by atoms with Crippen molar-refractivity contribution in [2.24, 2.45) is 34.3 Å². The Bertz CT molecular complexity index is 1710. The molecule has 3 N–H and O–H groups in total. The maximum absolute atomic E-state index is 18.2. The number of nitrogens with zero attached hydrogens (tertiary/aromatic N) is 2. The summed E-state index contributed by atoms with van der Waals surface area (Å²) in [4.78, 5) is 50.4. The van der Waals surface area contributed by atoms with Crippen molar-refractivity contribution in [3.63, 3.8) is 0 Å². The minimum atomic E-state index is -2.06. The minimum Gasteiger partial charge on any atom is -0.449 e. The predicted molar refractivity (Wildman–Crippen MR) is 176 cm³/mol. The smallest absolute Gasteiger partial charge is 0.306 e. The Kier molecular flexibility index (Phi) is 8.76. The van der Waals surface area contributed by atoms with E-state index in [4.69, 9.17) is 10.5 Å². The molecule has 1 heterocycles. The molecular weight excluding hydrogens is 640 g/mol. The zero-order valence-corrected chi connectivity index (χ0v) is 28.6. The van der Waals surface area contributed by atoms with Gasteiger partial charge in [-0.1, -0.05) is 45.4 Å². The lowest BCUT2D eigenvalue weighted by Gasteiger charge is -2.63. The number of aliphatic hydroxyl groups excluding tert-OH is 1. The normalized spacial score (nSPS) is 35.0. The molecule has 6 rings (SSSR count). The van der Waals surface area contributed by atoms with Crippen LogP contribution < -0.4 is 5.73 Å². The highest BCUT2D eigenvalue weighted by molar-refractivity contribution is 8.13. The number of aliphatic hydroxyl groups is 1. The maximum Gasteiger partial charge on any atom is 0.306 e. The number of hydrogen-bond acceptors (Lipinski definition) is 8. The first-order chi connectivity index (χ1) is 22.7. The molecule has 1 aromatic heterocycles. The number of aromatic nitrogens is 2. The fourth-order valence-corrected chi connectivity index (χ4v) is 10.7. The number of ketones is 1. The second kappa shape index (κ2) is 12.2. The lowest BCUT2D eigenvalue weighted by atomic mass is 9.44. The highest BCUT2D eigenvalue weighted by Gasteiger charge is 2.77. The van der Waals surface area contributed by atoms with Crippen molar-refractivity contribution in [2.45, 2.75) is 96.4 Å². The summed E-state index contributed by atoms with van der Waals surface area (Å²) >= 11 is 0.470. The Labute approximate surface area is 283 Å². The SMILES string of the molecule is CCC(=O)O[C@]1(C(=O)SCF)[C@H](C)C[C@H]2[C@@H]3CCC4=Cc5c(cnn5-c5cccc(C(=O)CCC(N)=O)c5)C[C@]4(C)[C@@]3(F)[C@@H](O)C[C@@]21C. The Morgan fingerprint density at radius 3 is 2.62 bits per heavy atom. The molecule has 0 aliphatic heterocycles. The highest BCUT2D eigenvalue weighted by atomic mass is 32.2. The van der Waals surface area contributed by atoms with Gasteiger partial charge < -0.3 is 15.6 Å². The number of primary amides is 1. The third kappa shape index (κ3) is 4.83. The summed E-state index contributed by atoms with van der Waals surface area (Å²) < 4.78 is 39.6. The number of benzene rings is 1. The molecule has 258 valence electrons. The summed E-state index contributed by atoms with van der Waals surface area (Å²) in [5.41, 5.74) is 2.79. The Balaban J connectivity index is 1.36. The quantitative estimate of drug-likeness (QED) is 0.254. The minimum absolute atomic E-state index is 0.00427. The molecular formula is C36H43F2N3O6S. The van der Waals surface area contributed by atoms with E-state index in [0.29, 0.717) is 42.3 Å². The lowest BCUT2D eigenvalue weighted by molar-refractivity contribution is -0.231. The summed E-state index contributed by atoms with van der Waals surface area (Å²) in [5.74, 6) is -2.87. The second-order valence-corrected chi connectivity index (χ2v) is 15.4. The van der Waals surface area contributed by atoms with E-state index < -0.39 is 69.0 Å². The van der Waals surface area contributed by atoms with Gasteiger partial charge in [0, 0.05) is 47.5 Å². The van der Waals surface area contributed by atoms with Crippen LogP contribution in [0.2, 0.25) is 0 Å². The van der Waals surface area contributed by atoms with Gasteiger partial charge in [0.2, 0.25) is 11.0 Å². The number of hydrogen-bond donors (Lipinski definition) is 2. The number of halogens is 2. The molecule has 4 aliphatic carbocycles. The van der Waals surface area contributed by atoms with E-state index in [9.17, 15) is 28.7 Å². The molecule has 3 fully saturated rings. The molecule has 0 spiro atoms. The van der Waals surface area contributed by atoms with Gasteiger partial charge in [-0.2, -0.15) is 5.10 Å². The van der Waals surface area contributed by atoms with Crippen LogP contribution in [0.15, 0.2) is 36.0 Å². The summed E-state index contributed by atoms with van der Waals surface area (Å²) in [6.45, 7) is 7.12. The van der Waals surface area contributed by atoms with Gasteiger partial charge in [0.05, 0.1) is 23.7 Å². The van der Waals surface area contributed by atoms with Gasteiger partial charge in [-0.25, -0.2) is 13.5 Å². The van der Waals surface area contributed by atoms with Crippen molar-refractivity contribution >= 4 is 40.6 Å². The number of nitrogens with two attached hydrogens (primary N) is 1. The topological polar surface area (TPSA) is 142 Å². The molecule has 1 amide bonds. The number of alkyl halides is 2. The molecule has 48 heavy (non-hydrogen) atoms. The van der Waals surface area contributed by atoms with Crippen molar-refractivity contribution in [1.82, 2.24) is 9.78 Å². The van der Waals surface area contributed by atoms with E-state index in [1.165, 1.54) is 0 Å². The summed E-state index contributed by atoms with van der Waals surface area (Å²) in [6, 6.07) is 5.98. The third-order valence-electron chi connectivity index (χ3n) is 12.2. The number of amides is 1. The van der Waals surface area contributed by atoms with E-state index in [1.807, 2.05) is 32.9 Å². The van der Waals surface area contributed by atoms with Gasteiger partial charge in [-0.3, -0.25) is 19.2 Å². The average molecular weight is 684 g/mol. The van der Waals surface area contributed by atoms with Crippen LogP contribution >= 0.6 is 11.8 Å². The summed E-state index contributed by atoms with van der Waals surface area (Å²) in [5, 5.41) is 16.0.